The molecule has 1 saturated heterocycles. The number of hydrogen-bond donors (Lipinski definition) is 1. The zero-order valence-corrected chi connectivity index (χ0v) is 13.3. The third-order valence-corrected chi connectivity index (χ3v) is 4.41. The van der Waals surface area contributed by atoms with Gasteiger partial charge >= 0.3 is 0 Å². The van der Waals surface area contributed by atoms with Crippen LogP contribution in [0.5, 0.6) is 0 Å². The molecule has 3 rings (SSSR count). The molecule has 2 heteroatoms. The van der Waals surface area contributed by atoms with Crippen LogP contribution in [-0.2, 0) is 24.0 Å². The van der Waals surface area contributed by atoms with E-state index in [2.05, 4.69) is 60.8 Å². The van der Waals surface area contributed by atoms with Gasteiger partial charge < -0.3 is 10.1 Å². The van der Waals surface area contributed by atoms with Crippen LogP contribution in [-0.4, -0.2) is 19.7 Å². The average molecular weight is 295 g/mol. The van der Waals surface area contributed by atoms with Crippen molar-refractivity contribution in [3.63, 3.8) is 0 Å². The van der Waals surface area contributed by atoms with E-state index >= 15 is 0 Å². The van der Waals surface area contributed by atoms with Crippen molar-refractivity contribution in [3.05, 3.63) is 70.8 Å². The number of ether oxygens (including phenoxy) is 1. The summed E-state index contributed by atoms with van der Waals surface area (Å²) in [6.45, 7) is 4.89. The van der Waals surface area contributed by atoms with E-state index in [0.29, 0.717) is 0 Å². The van der Waals surface area contributed by atoms with Gasteiger partial charge in [0.05, 0.1) is 12.7 Å². The lowest BCUT2D eigenvalue weighted by molar-refractivity contribution is 0.0277. The molecule has 0 radical (unpaired) electrons. The number of morpholine rings is 1. The maximum atomic E-state index is 5.79. The number of hydrogen-bond acceptors (Lipinski definition) is 2. The van der Waals surface area contributed by atoms with Crippen LogP contribution in [0.4, 0.5) is 0 Å². The number of nitrogens with one attached hydrogen (secondary N) is 1. The van der Waals surface area contributed by atoms with E-state index in [1.807, 2.05) is 0 Å². The third kappa shape index (κ3) is 3.96. The molecule has 1 fully saturated rings. The summed E-state index contributed by atoms with van der Waals surface area (Å²) in [4.78, 5) is 0. The highest BCUT2D eigenvalue weighted by Gasteiger charge is 2.14. The van der Waals surface area contributed by atoms with Gasteiger partial charge in [-0.25, -0.2) is 0 Å². The molecule has 2 aromatic carbocycles. The minimum Gasteiger partial charge on any atom is -0.371 e. The first kappa shape index (κ1) is 15.3. The van der Waals surface area contributed by atoms with E-state index in [9.17, 15) is 0 Å². The van der Waals surface area contributed by atoms with Crippen LogP contribution >= 0.6 is 0 Å². The van der Waals surface area contributed by atoms with Crippen LogP contribution in [0.3, 0.4) is 0 Å². The Labute approximate surface area is 133 Å². The van der Waals surface area contributed by atoms with E-state index in [1.165, 1.54) is 22.3 Å². The molecule has 1 heterocycles. The third-order valence-electron chi connectivity index (χ3n) is 4.41. The molecule has 0 aliphatic carbocycles. The summed E-state index contributed by atoms with van der Waals surface area (Å²) < 4.78 is 5.79. The first-order valence-electron chi connectivity index (χ1n) is 8.34. The Balaban J connectivity index is 1.56. The molecule has 0 spiro atoms. The summed E-state index contributed by atoms with van der Waals surface area (Å²) >= 11 is 0. The fourth-order valence-electron chi connectivity index (χ4n) is 2.91. The van der Waals surface area contributed by atoms with Gasteiger partial charge in [0.2, 0.25) is 0 Å². The predicted molar refractivity (Wildman–Crippen MR) is 91.2 cm³/mol. The van der Waals surface area contributed by atoms with Crippen LogP contribution in [0.1, 0.15) is 35.3 Å². The van der Waals surface area contributed by atoms with E-state index in [4.69, 9.17) is 4.74 Å². The van der Waals surface area contributed by atoms with E-state index in [-0.39, 0.29) is 6.10 Å². The standard InChI is InChI=1S/C20H25NO/c1-2-16-3-5-17(6-4-16)7-8-18-9-11-19(12-10-18)20-15-21-13-14-22-20/h3-6,9-12,20-21H,2,7-8,13-15H2,1H3/t20-/m1/s1. The fraction of sp³-hybridized carbons (Fsp3) is 0.400. The van der Waals surface area contributed by atoms with Gasteiger partial charge in [0, 0.05) is 13.1 Å². The minimum atomic E-state index is 0.212. The largest absolute Gasteiger partial charge is 0.371 e. The molecule has 0 saturated carbocycles. The first-order valence-corrected chi connectivity index (χ1v) is 8.34. The summed E-state index contributed by atoms with van der Waals surface area (Å²) in [6.07, 6.45) is 3.52. The van der Waals surface area contributed by atoms with Gasteiger partial charge in [-0.2, -0.15) is 0 Å². The van der Waals surface area contributed by atoms with Crippen LogP contribution in [0.15, 0.2) is 48.5 Å². The summed E-state index contributed by atoms with van der Waals surface area (Å²) in [6, 6.07) is 17.9. The van der Waals surface area contributed by atoms with Gasteiger partial charge in [0.15, 0.2) is 0 Å². The van der Waals surface area contributed by atoms with Crippen molar-refractivity contribution in [1.29, 1.82) is 0 Å². The molecule has 0 aromatic heterocycles. The maximum absolute atomic E-state index is 5.79. The van der Waals surface area contributed by atoms with Crippen molar-refractivity contribution in [2.75, 3.05) is 19.7 Å². The lowest BCUT2D eigenvalue weighted by atomic mass is 10.0. The van der Waals surface area contributed by atoms with Crippen molar-refractivity contribution in [2.24, 2.45) is 0 Å². The normalized spacial score (nSPS) is 18.3. The second-order valence-corrected chi connectivity index (χ2v) is 5.98. The highest BCUT2D eigenvalue weighted by Crippen LogP contribution is 2.19. The Morgan fingerprint density at radius 1 is 0.909 bits per heavy atom. The van der Waals surface area contributed by atoms with Crippen molar-refractivity contribution in [2.45, 2.75) is 32.3 Å². The molecule has 116 valence electrons. The van der Waals surface area contributed by atoms with Gasteiger partial charge in [-0.1, -0.05) is 55.5 Å². The zero-order valence-electron chi connectivity index (χ0n) is 13.3. The molecule has 0 bridgehead atoms. The van der Waals surface area contributed by atoms with Gasteiger partial charge in [-0.05, 0) is 41.5 Å². The average Bonchev–Trinajstić information content (AvgIpc) is 2.61. The second-order valence-electron chi connectivity index (χ2n) is 5.98. The van der Waals surface area contributed by atoms with Crippen LogP contribution in [0.2, 0.25) is 0 Å². The molecule has 22 heavy (non-hydrogen) atoms. The van der Waals surface area contributed by atoms with Crippen LogP contribution < -0.4 is 5.32 Å². The fourth-order valence-corrected chi connectivity index (χ4v) is 2.91. The van der Waals surface area contributed by atoms with Gasteiger partial charge in [0.1, 0.15) is 0 Å². The SMILES string of the molecule is CCc1ccc(CCc2ccc([C@H]3CNCCO3)cc2)cc1. The van der Waals surface area contributed by atoms with Crippen molar-refractivity contribution in [1.82, 2.24) is 5.32 Å². The van der Waals surface area contributed by atoms with Crippen molar-refractivity contribution >= 4 is 0 Å². The minimum absolute atomic E-state index is 0.212. The Morgan fingerprint density at radius 3 is 2.05 bits per heavy atom. The van der Waals surface area contributed by atoms with Crippen LogP contribution in [0.25, 0.3) is 0 Å². The number of benzene rings is 2. The molecule has 2 nitrogen and oxygen atoms in total. The lowest BCUT2D eigenvalue weighted by Crippen LogP contribution is -2.33. The maximum Gasteiger partial charge on any atom is 0.0949 e. The van der Waals surface area contributed by atoms with E-state index in [0.717, 1.165) is 39.0 Å². The zero-order chi connectivity index (χ0) is 15.2. The molecule has 0 unspecified atom stereocenters. The Bertz CT molecular complexity index is 568. The number of rotatable bonds is 5. The molecule has 0 amide bonds. The summed E-state index contributed by atoms with van der Waals surface area (Å²) in [7, 11) is 0. The molecule has 1 N–H and O–H groups in total. The molecule has 1 atom stereocenters. The predicted octanol–water partition coefficient (Wildman–Crippen LogP) is 3.70. The van der Waals surface area contributed by atoms with Gasteiger partial charge in [0.25, 0.3) is 0 Å². The highest BCUT2D eigenvalue weighted by molar-refractivity contribution is 5.27. The Hall–Kier alpha value is -1.64. The Morgan fingerprint density at radius 2 is 1.50 bits per heavy atom. The van der Waals surface area contributed by atoms with E-state index in [1.54, 1.807) is 0 Å². The van der Waals surface area contributed by atoms with Crippen molar-refractivity contribution < 1.29 is 4.74 Å². The summed E-state index contributed by atoms with van der Waals surface area (Å²) in [5.74, 6) is 0. The number of aryl methyl sites for hydroxylation is 3. The topological polar surface area (TPSA) is 21.3 Å². The summed E-state index contributed by atoms with van der Waals surface area (Å²) in [5.41, 5.74) is 5.51. The second kappa shape index (κ2) is 7.57. The molecule has 2 aromatic rings. The lowest BCUT2D eigenvalue weighted by Gasteiger charge is -2.24. The van der Waals surface area contributed by atoms with E-state index < -0.39 is 0 Å². The van der Waals surface area contributed by atoms with Crippen molar-refractivity contribution in [3.8, 4) is 0 Å². The quantitative estimate of drug-likeness (QED) is 0.908. The molecule has 1 aliphatic heterocycles. The molecular formula is C20H25NO. The molecular weight excluding hydrogens is 270 g/mol. The van der Waals surface area contributed by atoms with Gasteiger partial charge in [-0.15, -0.1) is 0 Å². The monoisotopic (exact) mass is 295 g/mol. The van der Waals surface area contributed by atoms with Crippen LogP contribution in [0, 0.1) is 0 Å². The Kier molecular flexibility index (Phi) is 5.25. The molecule has 1 aliphatic rings. The first-order chi connectivity index (χ1) is 10.8. The van der Waals surface area contributed by atoms with Gasteiger partial charge in [-0.3, -0.25) is 0 Å². The smallest absolute Gasteiger partial charge is 0.0949 e. The summed E-state index contributed by atoms with van der Waals surface area (Å²) in [5, 5.41) is 3.38. The highest BCUT2D eigenvalue weighted by atomic mass is 16.5.